The largest absolute Gasteiger partial charge is 0.462 e. The lowest BCUT2D eigenvalue weighted by molar-refractivity contribution is -0.148. The molecule has 30 heavy (non-hydrogen) atoms. The minimum absolute atomic E-state index is 0.0221. The Hall–Kier alpha value is -1.57. The van der Waals surface area contributed by atoms with Gasteiger partial charge >= 0.3 is 5.97 Å². The van der Waals surface area contributed by atoms with Crippen LogP contribution < -0.4 is 0 Å². The Balaban J connectivity index is 0.00000407. The quantitative estimate of drug-likeness (QED) is 0.144. The number of unbranched alkanes of at least 4 members (excludes halogenated alkanes) is 9. The summed E-state index contributed by atoms with van der Waals surface area (Å²) in [5, 5.41) is 0. The number of ether oxygens (including phenoxy) is 1. The zero-order valence-corrected chi connectivity index (χ0v) is 20.3. The normalized spacial score (nSPS) is 11.7. The van der Waals surface area contributed by atoms with E-state index in [1.165, 1.54) is 57.8 Å². The molecule has 2 nitrogen and oxygen atoms in total. The summed E-state index contributed by atoms with van der Waals surface area (Å²) in [5.41, 5.74) is 1.02. The molecule has 0 saturated carbocycles. The molecule has 0 N–H and O–H groups in total. The molecule has 0 aliphatic heterocycles. The molecule has 0 heterocycles. The van der Waals surface area contributed by atoms with Crippen LogP contribution in [0.25, 0.3) is 0 Å². The standard InChI is InChI=1S/C26H42O2.C2H6/c1-3-5-7-9-10-11-12-13-18-22-25(21-17-8-6-4-2)28-26(27)23-24-19-15-14-16-20-24;1-2/h13-16,18-20,25H,3-12,17,21-23H2,1-2H3;1-2H3/b18-13-;. The van der Waals surface area contributed by atoms with Gasteiger partial charge in [-0.25, -0.2) is 0 Å². The summed E-state index contributed by atoms with van der Waals surface area (Å²) in [5.74, 6) is -0.101. The van der Waals surface area contributed by atoms with Crippen LogP contribution in [0.5, 0.6) is 0 Å². The second-order valence-corrected chi connectivity index (χ2v) is 7.89. The predicted molar refractivity (Wildman–Crippen MR) is 132 cm³/mol. The van der Waals surface area contributed by atoms with Gasteiger partial charge in [-0.15, -0.1) is 0 Å². The summed E-state index contributed by atoms with van der Waals surface area (Å²) in [6, 6.07) is 9.88. The second-order valence-electron chi connectivity index (χ2n) is 7.89. The van der Waals surface area contributed by atoms with Crippen molar-refractivity contribution in [3.8, 4) is 0 Å². The molecule has 1 unspecified atom stereocenters. The van der Waals surface area contributed by atoms with E-state index in [4.69, 9.17) is 4.74 Å². The van der Waals surface area contributed by atoms with Crippen LogP contribution in [0.1, 0.15) is 117 Å². The molecule has 0 spiro atoms. The van der Waals surface area contributed by atoms with Crippen molar-refractivity contribution in [1.82, 2.24) is 0 Å². The monoisotopic (exact) mass is 416 g/mol. The third-order valence-corrected chi connectivity index (χ3v) is 5.16. The Labute approximate surface area is 187 Å². The SMILES string of the molecule is CC.CCCCCCCC/C=C\CC(CCCCCC)OC(=O)Cc1ccccc1. The Morgan fingerprint density at radius 3 is 2.10 bits per heavy atom. The van der Waals surface area contributed by atoms with Crippen LogP contribution in [-0.4, -0.2) is 12.1 Å². The summed E-state index contributed by atoms with van der Waals surface area (Å²) >= 11 is 0. The topological polar surface area (TPSA) is 26.3 Å². The maximum Gasteiger partial charge on any atom is 0.310 e. The van der Waals surface area contributed by atoms with Crippen molar-refractivity contribution in [2.45, 2.75) is 124 Å². The first-order chi connectivity index (χ1) is 14.8. The van der Waals surface area contributed by atoms with Gasteiger partial charge in [0.1, 0.15) is 6.10 Å². The average molecular weight is 417 g/mol. The van der Waals surface area contributed by atoms with Crippen LogP contribution in [0.15, 0.2) is 42.5 Å². The van der Waals surface area contributed by atoms with Crippen molar-refractivity contribution in [2.24, 2.45) is 0 Å². The lowest BCUT2D eigenvalue weighted by Crippen LogP contribution is -2.19. The fraction of sp³-hybridized carbons (Fsp3) is 0.679. The van der Waals surface area contributed by atoms with E-state index in [9.17, 15) is 4.79 Å². The average Bonchev–Trinajstić information content (AvgIpc) is 2.77. The van der Waals surface area contributed by atoms with Gasteiger partial charge in [0, 0.05) is 6.42 Å². The molecule has 0 bridgehead atoms. The van der Waals surface area contributed by atoms with Crippen molar-refractivity contribution in [1.29, 1.82) is 0 Å². The maximum atomic E-state index is 12.3. The molecule has 0 amide bonds. The number of esters is 1. The van der Waals surface area contributed by atoms with Gasteiger partial charge in [0.05, 0.1) is 6.42 Å². The third kappa shape index (κ3) is 17.3. The van der Waals surface area contributed by atoms with Gasteiger partial charge in [0.2, 0.25) is 0 Å². The highest BCUT2D eigenvalue weighted by Crippen LogP contribution is 2.14. The lowest BCUT2D eigenvalue weighted by atomic mass is 10.1. The van der Waals surface area contributed by atoms with Crippen molar-refractivity contribution >= 4 is 5.97 Å². The van der Waals surface area contributed by atoms with E-state index in [0.717, 1.165) is 31.2 Å². The highest BCUT2D eigenvalue weighted by atomic mass is 16.5. The number of hydrogen-bond acceptors (Lipinski definition) is 2. The number of allylic oxidation sites excluding steroid dienone is 1. The first-order valence-corrected chi connectivity index (χ1v) is 12.6. The van der Waals surface area contributed by atoms with E-state index in [-0.39, 0.29) is 12.1 Å². The number of carbonyl (C=O) groups is 1. The molecule has 0 radical (unpaired) electrons. The van der Waals surface area contributed by atoms with Crippen LogP contribution in [-0.2, 0) is 16.0 Å². The van der Waals surface area contributed by atoms with Crippen molar-refractivity contribution in [2.75, 3.05) is 0 Å². The highest BCUT2D eigenvalue weighted by Gasteiger charge is 2.13. The predicted octanol–water partition coefficient (Wildman–Crippen LogP) is 8.83. The van der Waals surface area contributed by atoms with Gasteiger partial charge in [0.15, 0.2) is 0 Å². The van der Waals surface area contributed by atoms with E-state index in [0.29, 0.717) is 6.42 Å². The van der Waals surface area contributed by atoms with Crippen molar-refractivity contribution in [3.63, 3.8) is 0 Å². The van der Waals surface area contributed by atoms with E-state index in [1.54, 1.807) is 0 Å². The van der Waals surface area contributed by atoms with Crippen LogP contribution in [0.3, 0.4) is 0 Å². The Bertz CT molecular complexity index is 507. The van der Waals surface area contributed by atoms with Gasteiger partial charge in [-0.05, 0) is 31.2 Å². The molecule has 2 heteroatoms. The number of rotatable bonds is 17. The molecule has 0 aliphatic carbocycles. The van der Waals surface area contributed by atoms with Crippen LogP contribution in [0, 0.1) is 0 Å². The highest BCUT2D eigenvalue weighted by molar-refractivity contribution is 5.72. The van der Waals surface area contributed by atoms with Crippen LogP contribution >= 0.6 is 0 Å². The Morgan fingerprint density at radius 1 is 0.833 bits per heavy atom. The van der Waals surface area contributed by atoms with Crippen molar-refractivity contribution < 1.29 is 9.53 Å². The Kier molecular flexibility index (Phi) is 21.0. The van der Waals surface area contributed by atoms with Crippen molar-refractivity contribution in [3.05, 3.63) is 48.0 Å². The summed E-state index contributed by atoms with van der Waals surface area (Å²) in [6.07, 6.45) is 20.7. The van der Waals surface area contributed by atoms with E-state index in [2.05, 4.69) is 26.0 Å². The molecule has 0 fully saturated rings. The van der Waals surface area contributed by atoms with E-state index < -0.39 is 0 Å². The molecular formula is C28H48O2. The van der Waals surface area contributed by atoms with E-state index in [1.807, 2.05) is 44.2 Å². The number of hydrogen-bond donors (Lipinski definition) is 0. The molecule has 1 atom stereocenters. The minimum Gasteiger partial charge on any atom is -0.462 e. The first-order valence-electron chi connectivity index (χ1n) is 12.6. The summed E-state index contributed by atoms with van der Waals surface area (Å²) < 4.78 is 5.82. The smallest absolute Gasteiger partial charge is 0.310 e. The lowest BCUT2D eigenvalue weighted by Gasteiger charge is -2.16. The molecule has 0 aliphatic rings. The van der Waals surface area contributed by atoms with Gasteiger partial charge < -0.3 is 4.74 Å². The fourth-order valence-electron chi connectivity index (χ4n) is 3.42. The van der Waals surface area contributed by atoms with E-state index >= 15 is 0 Å². The van der Waals surface area contributed by atoms with Gasteiger partial charge in [-0.1, -0.05) is 122 Å². The number of benzene rings is 1. The molecule has 0 saturated heterocycles. The zero-order valence-electron chi connectivity index (χ0n) is 20.3. The molecule has 0 aromatic heterocycles. The first kappa shape index (κ1) is 28.4. The van der Waals surface area contributed by atoms with Gasteiger partial charge in [-0.2, -0.15) is 0 Å². The minimum atomic E-state index is -0.101. The molecule has 1 rings (SSSR count). The van der Waals surface area contributed by atoms with Gasteiger partial charge in [-0.3, -0.25) is 4.79 Å². The summed E-state index contributed by atoms with van der Waals surface area (Å²) in [6.45, 7) is 8.48. The third-order valence-electron chi connectivity index (χ3n) is 5.16. The molecular weight excluding hydrogens is 368 g/mol. The van der Waals surface area contributed by atoms with Gasteiger partial charge in [0.25, 0.3) is 0 Å². The summed E-state index contributed by atoms with van der Waals surface area (Å²) in [4.78, 5) is 12.3. The Morgan fingerprint density at radius 2 is 1.43 bits per heavy atom. The maximum absolute atomic E-state index is 12.3. The molecule has 172 valence electrons. The second kappa shape index (κ2) is 22.1. The van der Waals surface area contributed by atoms with Crippen LogP contribution in [0.4, 0.5) is 0 Å². The number of carbonyl (C=O) groups excluding carboxylic acids is 1. The summed E-state index contributed by atoms with van der Waals surface area (Å²) in [7, 11) is 0. The van der Waals surface area contributed by atoms with Crippen LogP contribution in [0.2, 0.25) is 0 Å². The zero-order chi connectivity index (χ0) is 22.3. The molecule has 1 aromatic carbocycles. The fourth-order valence-corrected chi connectivity index (χ4v) is 3.42. The molecule has 1 aromatic rings.